The quantitative estimate of drug-likeness (QED) is 0.0989. The maximum Gasteiger partial charge on any atom is 0.343 e. The van der Waals surface area contributed by atoms with Gasteiger partial charge in [-0.25, -0.2) is 4.79 Å². The second kappa shape index (κ2) is 16.8. The molecule has 0 bridgehead atoms. The summed E-state index contributed by atoms with van der Waals surface area (Å²) < 4.78 is 17.9. The third-order valence-electron chi connectivity index (χ3n) is 7.09. The lowest BCUT2D eigenvalue weighted by molar-refractivity contribution is 0.0720. The summed E-state index contributed by atoms with van der Waals surface area (Å²) in [5.41, 5.74) is 3.79. The van der Waals surface area contributed by atoms with Crippen molar-refractivity contribution < 1.29 is 19.0 Å². The number of esters is 1. The van der Waals surface area contributed by atoms with E-state index in [-0.39, 0.29) is 18.2 Å². The lowest BCUT2D eigenvalue weighted by Crippen LogP contribution is -2.17. The van der Waals surface area contributed by atoms with Gasteiger partial charge in [0.1, 0.15) is 0 Å². The van der Waals surface area contributed by atoms with Crippen molar-refractivity contribution in [3.8, 4) is 22.6 Å². The zero-order valence-electron chi connectivity index (χ0n) is 24.3. The molecule has 0 aliphatic carbocycles. The van der Waals surface area contributed by atoms with Crippen molar-refractivity contribution in [3.63, 3.8) is 0 Å². The monoisotopic (exact) mass is 530 g/mol. The summed E-state index contributed by atoms with van der Waals surface area (Å²) in [6.45, 7) is 9.18. The van der Waals surface area contributed by atoms with E-state index in [0.717, 1.165) is 42.4 Å². The van der Waals surface area contributed by atoms with Gasteiger partial charge in [-0.15, -0.1) is 0 Å². The Morgan fingerprint density at radius 3 is 1.95 bits per heavy atom. The molecule has 3 rings (SSSR count). The third-order valence-corrected chi connectivity index (χ3v) is 7.09. The second-order valence-corrected chi connectivity index (χ2v) is 10.2. The van der Waals surface area contributed by atoms with Crippen LogP contribution in [0.5, 0.6) is 11.5 Å². The first kappa shape index (κ1) is 30.4. The number of benzene rings is 3. The predicted molar refractivity (Wildman–Crippen MR) is 161 cm³/mol. The van der Waals surface area contributed by atoms with E-state index in [2.05, 4.69) is 45.0 Å². The number of hydrogen-bond acceptors (Lipinski definition) is 4. The van der Waals surface area contributed by atoms with Gasteiger partial charge in [-0.1, -0.05) is 101 Å². The topological polar surface area (TPSA) is 44.8 Å². The average molecular weight is 531 g/mol. The molecule has 0 saturated heterocycles. The van der Waals surface area contributed by atoms with Gasteiger partial charge in [0.05, 0.1) is 17.8 Å². The second-order valence-electron chi connectivity index (χ2n) is 10.2. The van der Waals surface area contributed by atoms with E-state index in [1.54, 1.807) is 6.07 Å². The highest BCUT2D eigenvalue weighted by Crippen LogP contribution is 2.31. The van der Waals surface area contributed by atoms with Crippen LogP contribution in [0.4, 0.5) is 0 Å². The van der Waals surface area contributed by atoms with Crippen LogP contribution in [0.15, 0.2) is 72.8 Å². The lowest BCUT2D eigenvalue weighted by atomic mass is 10.0. The molecule has 210 valence electrons. The molecule has 3 aromatic rings. The zero-order valence-corrected chi connectivity index (χ0v) is 24.3. The van der Waals surface area contributed by atoms with E-state index in [0.29, 0.717) is 23.7 Å². The summed E-state index contributed by atoms with van der Waals surface area (Å²) in [4.78, 5) is 13.0. The van der Waals surface area contributed by atoms with E-state index >= 15 is 0 Å². The normalized spacial score (nSPS) is 12.6. The molecule has 39 heavy (non-hydrogen) atoms. The third kappa shape index (κ3) is 9.85. The van der Waals surface area contributed by atoms with Gasteiger partial charge in [0.25, 0.3) is 0 Å². The first-order chi connectivity index (χ1) is 19.0. The molecule has 0 aromatic heterocycles. The van der Waals surface area contributed by atoms with Crippen molar-refractivity contribution in [1.29, 1.82) is 0 Å². The van der Waals surface area contributed by atoms with Crippen LogP contribution in [0.1, 0.15) is 108 Å². The molecule has 0 amide bonds. The molecule has 2 atom stereocenters. The van der Waals surface area contributed by atoms with Crippen LogP contribution in [0.25, 0.3) is 11.1 Å². The molecule has 0 radical (unpaired) electrons. The summed E-state index contributed by atoms with van der Waals surface area (Å²) in [5.74, 6) is 0.712. The largest absolute Gasteiger partial charge is 0.487 e. The molecule has 4 heteroatoms. The highest BCUT2D eigenvalue weighted by Gasteiger charge is 2.16. The van der Waals surface area contributed by atoms with E-state index < -0.39 is 0 Å². The van der Waals surface area contributed by atoms with E-state index in [1.165, 1.54) is 32.1 Å². The number of carbonyl (C=O) groups is 1. The van der Waals surface area contributed by atoms with Gasteiger partial charge in [-0.05, 0) is 74.1 Å². The lowest BCUT2D eigenvalue weighted by Gasteiger charge is -2.20. The van der Waals surface area contributed by atoms with E-state index in [9.17, 15) is 4.79 Å². The van der Waals surface area contributed by atoms with Gasteiger partial charge in [0.15, 0.2) is 11.5 Å². The van der Waals surface area contributed by atoms with Gasteiger partial charge in [0, 0.05) is 6.61 Å². The van der Waals surface area contributed by atoms with Crippen LogP contribution in [0.2, 0.25) is 0 Å². The van der Waals surface area contributed by atoms with Gasteiger partial charge in [-0.3, -0.25) is 0 Å². The number of carbonyl (C=O) groups excluding carboxylic acids is 1. The number of hydrogen-bond donors (Lipinski definition) is 0. The van der Waals surface area contributed by atoms with Gasteiger partial charge < -0.3 is 14.2 Å². The summed E-state index contributed by atoms with van der Waals surface area (Å²) in [6, 6.07) is 23.4. The fourth-order valence-corrected chi connectivity index (χ4v) is 4.80. The molecule has 3 aromatic carbocycles. The minimum Gasteiger partial charge on any atom is -0.487 e. The first-order valence-electron chi connectivity index (χ1n) is 14.9. The maximum atomic E-state index is 13.0. The van der Waals surface area contributed by atoms with Gasteiger partial charge in [0.2, 0.25) is 0 Å². The zero-order chi connectivity index (χ0) is 27.9. The first-order valence-corrected chi connectivity index (χ1v) is 14.9. The summed E-state index contributed by atoms with van der Waals surface area (Å²) >= 11 is 0. The molecule has 0 spiro atoms. The van der Waals surface area contributed by atoms with Crippen molar-refractivity contribution in [2.24, 2.45) is 0 Å². The summed E-state index contributed by atoms with van der Waals surface area (Å²) in [7, 11) is 0. The summed E-state index contributed by atoms with van der Waals surface area (Å²) in [6.07, 6.45) is 10.9. The van der Waals surface area contributed by atoms with Crippen LogP contribution in [-0.2, 0) is 4.74 Å². The Morgan fingerprint density at radius 2 is 1.31 bits per heavy atom. The molecule has 0 aliphatic rings. The number of unbranched alkanes of at least 4 members (excludes halogenated alkanes) is 5. The maximum absolute atomic E-state index is 13.0. The Kier molecular flexibility index (Phi) is 13.1. The van der Waals surface area contributed by atoms with E-state index in [4.69, 9.17) is 14.2 Å². The van der Waals surface area contributed by atoms with Crippen molar-refractivity contribution in [1.82, 2.24) is 0 Å². The Balaban J connectivity index is 1.61. The van der Waals surface area contributed by atoms with Crippen LogP contribution in [0, 0.1) is 0 Å². The van der Waals surface area contributed by atoms with E-state index in [1.807, 2.05) is 49.4 Å². The molecule has 0 fully saturated rings. The molecule has 4 nitrogen and oxygen atoms in total. The van der Waals surface area contributed by atoms with Gasteiger partial charge >= 0.3 is 5.97 Å². The van der Waals surface area contributed by atoms with Crippen LogP contribution in [-0.4, -0.2) is 18.7 Å². The molecule has 0 N–H and O–H groups in total. The molecular weight excluding hydrogens is 484 g/mol. The minimum absolute atomic E-state index is 0.0702. The van der Waals surface area contributed by atoms with Gasteiger partial charge in [-0.2, -0.15) is 0 Å². The molecule has 0 heterocycles. The average Bonchev–Trinajstić information content (AvgIpc) is 2.96. The predicted octanol–water partition coefficient (Wildman–Crippen LogP) is 9.97. The smallest absolute Gasteiger partial charge is 0.343 e. The molecule has 0 saturated carbocycles. The number of rotatable bonds is 17. The minimum atomic E-state index is -0.388. The standard InChI is InChI=1S/C35H46O4/c1-5-8-9-10-11-12-16-32(15-6-2)38-33-17-13-14-18-34(33)39-35(36)31-25-23-30(24-26-31)29-21-19-28(20-22-29)27(4)37-7-3/h13-14,17-27,32H,5-12,15-16H2,1-4H3. The molecular formula is C35H46O4. The molecule has 0 aliphatic heterocycles. The van der Waals surface area contributed by atoms with Crippen molar-refractivity contribution >= 4 is 5.97 Å². The number of para-hydroxylation sites is 2. The SMILES string of the molecule is CCCCCCCCC(CCC)Oc1ccccc1OC(=O)c1ccc(-c2ccc(C(C)OCC)cc2)cc1. The Bertz CT molecular complexity index is 1100. The summed E-state index contributed by atoms with van der Waals surface area (Å²) in [5, 5.41) is 0. The van der Waals surface area contributed by atoms with Crippen molar-refractivity contribution in [2.45, 2.75) is 97.7 Å². The highest BCUT2D eigenvalue weighted by molar-refractivity contribution is 5.92. The van der Waals surface area contributed by atoms with Crippen molar-refractivity contribution in [2.75, 3.05) is 6.61 Å². The Hall–Kier alpha value is -3.11. The number of ether oxygens (including phenoxy) is 3. The highest BCUT2D eigenvalue weighted by atomic mass is 16.6. The van der Waals surface area contributed by atoms with Crippen LogP contribution < -0.4 is 9.47 Å². The fourth-order valence-electron chi connectivity index (χ4n) is 4.80. The molecule has 2 unspecified atom stereocenters. The Morgan fingerprint density at radius 1 is 0.692 bits per heavy atom. The van der Waals surface area contributed by atoms with Crippen LogP contribution in [0.3, 0.4) is 0 Å². The fraction of sp³-hybridized carbons (Fsp3) is 0.457. The Labute approximate surface area is 235 Å². The van der Waals surface area contributed by atoms with Crippen molar-refractivity contribution in [3.05, 3.63) is 83.9 Å². The van der Waals surface area contributed by atoms with Crippen LogP contribution >= 0.6 is 0 Å².